The van der Waals surface area contributed by atoms with E-state index in [1.54, 1.807) is 64.2 Å². The van der Waals surface area contributed by atoms with E-state index in [0.717, 1.165) is 0 Å². The summed E-state index contributed by atoms with van der Waals surface area (Å²) < 4.78 is 0. The van der Waals surface area contributed by atoms with Gasteiger partial charge in [-0.3, -0.25) is 0 Å². The van der Waals surface area contributed by atoms with Crippen molar-refractivity contribution >= 4 is 0 Å². The van der Waals surface area contributed by atoms with Crippen LogP contribution in [-0.2, 0) is 0 Å². The van der Waals surface area contributed by atoms with Crippen LogP contribution in [-0.4, -0.2) is 0 Å². The molecule has 6 aliphatic rings. The van der Waals surface area contributed by atoms with Gasteiger partial charge in [0.15, 0.2) is 0 Å². The second-order valence-corrected chi connectivity index (χ2v) is 9.49. The number of hydrogen-bond donors (Lipinski definition) is 0. The lowest BCUT2D eigenvalue weighted by Gasteiger charge is -2.59. The Bertz CT molecular complexity index is 416. The molecule has 9 atom stereocenters. The van der Waals surface area contributed by atoms with E-state index in [-0.39, 0.29) is 0 Å². The highest BCUT2D eigenvalue weighted by Gasteiger charge is 2.65. The molecule has 0 amide bonds. The Balaban J connectivity index is 1.46. The van der Waals surface area contributed by atoms with Gasteiger partial charge in [-0.25, -0.2) is 0 Å². The van der Waals surface area contributed by atoms with Crippen LogP contribution in [0.2, 0.25) is 0 Å². The van der Waals surface area contributed by atoms with Crippen molar-refractivity contribution in [1.82, 2.24) is 0 Å². The van der Waals surface area contributed by atoms with E-state index in [1.165, 1.54) is 59.2 Å². The van der Waals surface area contributed by atoms with Crippen molar-refractivity contribution in [3.05, 3.63) is 0 Å². The van der Waals surface area contributed by atoms with Crippen LogP contribution in [0.3, 0.4) is 0 Å². The topological polar surface area (TPSA) is 0 Å². The van der Waals surface area contributed by atoms with Gasteiger partial charge in [0.05, 0.1) is 0 Å². The zero-order valence-electron chi connectivity index (χ0n) is 12.8. The highest BCUT2D eigenvalue weighted by molar-refractivity contribution is 5.14. The molecule has 0 N–H and O–H groups in total. The Hall–Kier alpha value is 0. The molecule has 6 rings (SSSR count). The molecule has 0 bridgehead atoms. The summed E-state index contributed by atoms with van der Waals surface area (Å²) in [4.78, 5) is 0. The Morgan fingerprint density at radius 2 is 0.850 bits per heavy atom. The Morgan fingerprint density at radius 3 is 1.45 bits per heavy atom. The van der Waals surface area contributed by atoms with Crippen molar-refractivity contribution in [2.45, 2.75) is 64.2 Å². The molecule has 6 saturated carbocycles. The van der Waals surface area contributed by atoms with Crippen molar-refractivity contribution in [2.24, 2.45) is 59.2 Å². The second-order valence-electron chi connectivity index (χ2n) is 9.49. The zero-order chi connectivity index (χ0) is 12.8. The van der Waals surface area contributed by atoms with E-state index in [0.29, 0.717) is 0 Å². The molecular weight excluding hydrogens is 240 g/mol. The van der Waals surface area contributed by atoms with Gasteiger partial charge in [-0.05, 0) is 111 Å². The van der Waals surface area contributed by atoms with Gasteiger partial charge in [0.1, 0.15) is 0 Å². The van der Waals surface area contributed by atoms with Gasteiger partial charge in [-0.2, -0.15) is 0 Å². The summed E-state index contributed by atoms with van der Waals surface area (Å²) in [7, 11) is 0. The summed E-state index contributed by atoms with van der Waals surface area (Å²) in [5, 5.41) is 0. The fourth-order valence-electron chi connectivity index (χ4n) is 8.71. The van der Waals surface area contributed by atoms with E-state index >= 15 is 0 Å². The summed E-state index contributed by atoms with van der Waals surface area (Å²) in [6.07, 6.45) is 16.2. The molecule has 6 aliphatic carbocycles. The summed E-state index contributed by atoms with van der Waals surface area (Å²) in [5.41, 5.74) is 0. The molecule has 0 spiro atoms. The molecule has 0 aliphatic heterocycles. The van der Waals surface area contributed by atoms with Gasteiger partial charge >= 0.3 is 0 Å². The number of fused-ring (bicyclic) bond motifs is 5. The maximum absolute atomic E-state index is 1.63. The molecule has 0 aromatic carbocycles. The zero-order valence-corrected chi connectivity index (χ0v) is 12.8. The van der Waals surface area contributed by atoms with Crippen LogP contribution in [0.1, 0.15) is 64.2 Å². The van der Waals surface area contributed by atoms with Crippen molar-refractivity contribution in [2.75, 3.05) is 0 Å². The van der Waals surface area contributed by atoms with Gasteiger partial charge in [0.2, 0.25) is 0 Å². The molecular formula is C20H30. The summed E-state index contributed by atoms with van der Waals surface area (Å²) >= 11 is 0. The highest BCUT2D eigenvalue weighted by atomic mass is 14.7. The molecule has 0 nitrogen and oxygen atoms in total. The smallest absolute Gasteiger partial charge is 0.0315 e. The van der Waals surface area contributed by atoms with Gasteiger partial charge in [-0.1, -0.05) is 12.8 Å². The maximum Gasteiger partial charge on any atom is -0.0315 e. The van der Waals surface area contributed by atoms with Crippen molar-refractivity contribution in [1.29, 1.82) is 0 Å². The highest BCUT2D eigenvalue weighted by Crippen LogP contribution is 2.72. The second kappa shape index (κ2) is 3.85. The maximum atomic E-state index is 1.63. The fraction of sp³-hybridized carbons (Fsp3) is 1.00. The lowest BCUT2D eigenvalue weighted by atomic mass is 9.46. The molecule has 0 aromatic heterocycles. The van der Waals surface area contributed by atoms with E-state index in [4.69, 9.17) is 0 Å². The minimum absolute atomic E-state index is 1.20. The third-order valence-electron chi connectivity index (χ3n) is 9.22. The first kappa shape index (κ1) is 11.6. The minimum atomic E-state index is 1.20. The Kier molecular flexibility index (Phi) is 2.22. The lowest BCUT2D eigenvalue weighted by Crippen LogP contribution is -2.53. The van der Waals surface area contributed by atoms with Crippen LogP contribution in [0.25, 0.3) is 0 Å². The minimum Gasteiger partial charge on any atom is -0.0527 e. The first-order chi connectivity index (χ1) is 9.93. The molecule has 0 heterocycles. The predicted molar refractivity (Wildman–Crippen MR) is 81.1 cm³/mol. The third-order valence-corrected chi connectivity index (χ3v) is 9.22. The molecule has 9 unspecified atom stereocenters. The van der Waals surface area contributed by atoms with E-state index in [1.807, 2.05) is 0 Å². The average Bonchev–Trinajstić information content (AvgIpc) is 3.06. The molecule has 6 fully saturated rings. The molecule has 110 valence electrons. The van der Waals surface area contributed by atoms with Gasteiger partial charge in [-0.15, -0.1) is 0 Å². The lowest BCUT2D eigenvalue weighted by molar-refractivity contribution is -0.110. The SMILES string of the molecule is C1CC2C3CCC3C(C3CC3)C3C4CCCC4C(C1)C23. The molecule has 0 saturated heterocycles. The van der Waals surface area contributed by atoms with Crippen LogP contribution in [0, 0.1) is 59.2 Å². The van der Waals surface area contributed by atoms with Crippen molar-refractivity contribution in [3.63, 3.8) is 0 Å². The normalized spacial score (nSPS) is 63.3. The van der Waals surface area contributed by atoms with Crippen LogP contribution in [0.4, 0.5) is 0 Å². The average molecular weight is 270 g/mol. The van der Waals surface area contributed by atoms with Crippen LogP contribution in [0.15, 0.2) is 0 Å². The number of rotatable bonds is 1. The third kappa shape index (κ3) is 1.27. The van der Waals surface area contributed by atoms with Crippen molar-refractivity contribution in [3.8, 4) is 0 Å². The summed E-state index contributed by atoms with van der Waals surface area (Å²) in [6.45, 7) is 0. The standard InChI is InChI=1S/C20H30/c1-3-12-14-4-2-5-15-13-9-10-17(13)18(11-7-8-11)20(19(14)15)16(12)6-1/h11-20H,1-10H2. The molecule has 0 aromatic rings. The molecule has 20 heavy (non-hydrogen) atoms. The summed E-state index contributed by atoms with van der Waals surface area (Å²) in [6, 6.07) is 0. The van der Waals surface area contributed by atoms with E-state index < -0.39 is 0 Å². The monoisotopic (exact) mass is 270 g/mol. The Morgan fingerprint density at radius 1 is 0.350 bits per heavy atom. The summed E-state index contributed by atoms with van der Waals surface area (Å²) in [5.74, 6) is 12.1. The Labute approximate surface area is 124 Å². The van der Waals surface area contributed by atoms with Gasteiger partial charge in [0.25, 0.3) is 0 Å². The molecule has 0 radical (unpaired) electrons. The van der Waals surface area contributed by atoms with Crippen LogP contribution < -0.4 is 0 Å². The van der Waals surface area contributed by atoms with Crippen molar-refractivity contribution < 1.29 is 0 Å². The molecule has 0 heteroatoms. The van der Waals surface area contributed by atoms with Crippen LogP contribution in [0.5, 0.6) is 0 Å². The quantitative estimate of drug-likeness (QED) is 0.619. The fourth-order valence-corrected chi connectivity index (χ4v) is 8.71. The van der Waals surface area contributed by atoms with Crippen LogP contribution >= 0.6 is 0 Å². The first-order valence-corrected chi connectivity index (χ1v) is 9.93. The number of hydrogen-bond acceptors (Lipinski definition) is 0. The van der Waals surface area contributed by atoms with E-state index in [2.05, 4.69) is 0 Å². The van der Waals surface area contributed by atoms with Gasteiger partial charge in [0, 0.05) is 0 Å². The van der Waals surface area contributed by atoms with E-state index in [9.17, 15) is 0 Å². The largest absolute Gasteiger partial charge is 0.0527 e. The predicted octanol–water partition coefficient (Wildman–Crippen LogP) is 5.13. The first-order valence-electron chi connectivity index (χ1n) is 9.93. The van der Waals surface area contributed by atoms with Gasteiger partial charge < -0.3 is 0 Å².